The number of carbonyl (C=O) groups is 1. The number of rotatable bonds is 4. The molecule has 1 N–H and O–H groups in total. The lowest BCUT2D eigenvalue weighted by Gasteiger charge is -2.06. The van der Waals surface area contributed by atoms with Gasteiger partial charge in [0.05, 0.1) is 0 Å². The number of hydrogen-bond acceptors (Lipinski definition) is 3. The SMILES string of the molecule is C/C=N/NC(=O)COc1ccc2cc(Br)ccc2c1. The number of amides is 1. The molecule has 0 heterocycles. The zero-order valence-corrected chi connectivity index (χ0v) is 12.0. The van der Waals surface area contributed by atoms with E-state index in [0.29, 0.717) is 5.75 Å². The number of ether oxygens (including phenoxy) is 1. The second-order valence-electron chi connectivity index (χ2n) is 3.86. The van der Waals surface area contributed by atoms with Gasteiger partial charge < -0.3 is 4.74 Å². The molecule has 0 bridgehead atoms. The lowest BCUT2D eigenvalue weighted by Crippen LogP contribution is -2.24. The summed E-state index contributed by atoms with van der Waals surface area (Å²) in [5.41, 5.74) is 2.35. The summed E-state index contributed by atoms with van der Waals surface area (Å²) < 4.78 is 6.44. The highest BCUT2D eigenvalue weighted by atomic mass is 79.9. The average Bonchev–Trinajstić information content (AvgIpc) is 2.42. The number of nitrogens with one attached hydrogen (secondary N) is 1. The molecule has 0 saturated heterocycles. The van der Waals surface area contributed by atoms with Crippen molar-refractivity contribution in [2.75, 3.05) is 6.61 Å². The molecule has 2 rings (SSSR count). The third kappa shape index (κ3) is 3.79. The average molecular weight is 321 g/mol. The first-order valence-electron chi connectivity index (χ1n) is 5.77. The van der Waals surface area contributed by atoms with Crippen LogP contribution in [0.4, 0.5) is 0 Å². The van der Waals surface area contributed by atoms with Crippen LogP contribution < -0.4 is 10.2 Å². The van der Waals surface area contributed by atoms with Crippen LogP contribution in [0.25, 0.3) is 10.8 Å². The molecule has 98 valence electrons. The predicted octanol–water partition coefficient (Wildman–Crippen LogP) is 3.10. The van der Waals surface area contributed by atoms with Crippen molar-refractivity contribution >= 4 is 38.8 Å². The zero-order chi connectivity index (χ0) is 13.7. The van der Waals surface area contributed by atoms with Crippen molar-refractivity contribution in [2.45, 2.75) is 6.92 Å². The Labute approximate surface area is 119 Å². The molecule has 4 nitrogen and oxygen atoms in total. The summed E-state index contributed by atoms with van der Waals surface area (Å²) in [6.07, 6.45) is 1.51. The van der Waals surface area contributed by atoms with Gasteiger partial charge >= 0.3 is 0 Å². The number of carbonyl (C=O) groups excluding carboxylic acids is 1. The van der Waals surface area contributed by atoms with Crippen molar-refractivity contribution < 1.29 is 9.53 Å². The van der Waals surface area contributed by atoms with Crippen LogP contribution in [-0.2, 0) is 4.79 Å². The molecule has 19 heavy (non-hydrogen) atoms. The van der Waals surface area contributed by atoms with Gasteiger partial charge in [-0.15, -0.1) is 0 Å². The molecule has 0 radical (unpaired) electrons. The topological polar surface area (TPSA) is 50.7 Å². The zero-order valence-electron chi connectivity index (χ0n) is 10.4. The lowest BCUT2D eigenvalue weighted by atomic mass is 10.1. The largest absolute Gasteiger partial charge is 0.484 e. The van der Waals surface area contributed by atoms with E-state index in [1.165, 1.54) is 6.21 Å². The summed E-state index contributed by atoms with van der Waals surface area (Å²) >= 11 is 3.43. The Hall–Kier alpha value is -1.88. The van der Waals surface area contributed by atoms with Gasteiger partial charge in [0, 0.05) is 10.7 Å². The highest BCUT2D eigenvalue weighted by Crippen LogP contribution is 2.23. The summed E-state index contributed by atoms with van der Waals surface area (Å²) in [6, 6.07) is 11.7. The molecule has 1 amide bonds. The van der Waals surface area contributed by atoms with E-state index in [-0.39, 0.29) is 12.5 Å². The molecule has 0 aromatic heterocycles. The molecule has 0 aliphatic carbocycles. The van der Waals surface area contributed by atoms with Crippen LogP contribution >= 0.6 is 15.9 Å². The van der Waals surface area contributed by atoms with E-state index in [1.54, 1.807) is 6.92 Å². The standard InChI is InChI=1S/C14H13BrN2O2/c1-2-16-17-14(18)9-19-13-6-4-10-7-12(15)5-3-11(10)8-13/h2-8H,9H2,1H3,(H,17,18)/b16-2+. The van der Waals surface area contributed by atoms with E-state index in [2.05, 4.69) is 26.5 Å². The van der Waals surface area contributed by atoms with Crippen LogP contribution in [0.5, 0.6) is 5.75 Å². The van der Waals surface area contributed by atoms with Crippen molar-refractivity contribution in [3.8, 4) is 5.75 Å². The minimum Gasteiger partial charge on any atom is -0.484 e. The first-order valence-corrected chi connectivity index (χ1v) is 6.57. The normalized spacial score (nSPS) is 10.8. The van der Waals surface area contributed by atoms with Gasteiger partial charge in [-0.25, -0.2) is 5.43 Å². The first-order chi connectivity index (χ1) is 9.19. The molecule has 0 aliphatic heterocycles. The van der Waals surface area contributed by atoms with E-state index in [1.807, 2.05) is 36.4 Å². The Bertz CT molecular complexity index is 626. The van der Waals surface area contributed by atoms with Gasteiger partial charge in [0.25, 0.3) is 5.91 Å². The maximum Gasteiger partial charge on any atom is 0.277 e. The van der Waals surface area contributed by atoms with Gasteiger partial charge in [-0.2, -0.15) is 5.10 Å². The maximum atomic E-state index is 11.3. The molecule has 5 heteroatoms. The Kier molecular flexibility index (Phi) is 4.52. The molecule has 2 aromatic carbocycles. The van der Waals surface area contributed by atoms with Crippen LogP contribution in [-0.4, -0.2) is 18.7 Å². The van der Waals surface area contributed by atoms with Gasteiger partial charge in [0.2, 0.25) is 0 Å². The molecule has 0 aliphatic rings. The van der Waals surface area contributed by atoms with Crippen LogP contribution in [0, 0.1) is 0 Å². The summed E-state index contributed by atoms with van der Waals surface area (Å²) in [4.78, 5) is 11.3. The van der Waals surface area contributed by atoms with Gasteiger partial charge in [0.1, 0.15) is 5.75 Å². The number of halogens is 1. The number of hydrogen-bond donors (Lipinski definition) is 1. The number of benzene rings is 2. The fourth-order valence-corrected chi connectivity index (χ4v) is 1.98. The summed E-state index contributed by atoms with van der Waals surface area (Å²) in [5, 5.41) is 5.81. The quantitative estimate of drug-likeness (QED) is 0.695. The third-order valence-corrected chi connectivity index (χ3v) is 2.96. The summed E-state index contributed by atoms with van der Waals surface area (Å²) in [6.45, 7) is 1.67. The Morgan fingerprint density at radius 3 is 2.84 bits per heavy atom. The minimum absolute atomic E-state index is 0.0562. The Morgan fingerprint density at radius 1 is 1.32 bits per heavy atom. The Morgan fingerprint density at radius 2 is 2.05 bits per heavy atom. The number of fused-ring (bicyclic) bond motifs is 1. The van der Waals surface area contributed by atoms with E-state index in [4.69, 9.17) is 4.74 Å². The van der Waals surface area contributed by atoms with Crippen molar-refractivity contribution in [1.82, 2.24) is 5.43 Å². The molecule has 0 atom stereocenters. The summed E-state index contributed by atoms with van der Waals surface area (Å²) in [5.74, 6) is 0.374. The fraction of sp³-hybridized carbons (Fsp3) is 0.143. The van der Waals surface area contributed by atoms with Crippen molar-refractivity contribution in [3.05, 3.63) is 40.9 Å². The second-order valence-corrected chi connectivity index (χ2v) is 4.78. The molecule has 0 unspecified atom stereocenters. The molecular weight excluding hydrogens is 308 g/mol. The van der Waals surface area contributed by atoms with Crippen LogP contribution in [0.1, 0.15) is 6.92 Å². The number of nitrogens with zero attached hydrogens (tertiary/aromatic N) is 1. The Balaban J connectivity index is 2.05. The summed E-state index contributed by atoms with van der Waals surface area (Å²) in [7, 11) is 0. The van der Waals surface area contributed by atoms with Crippen LogP contribution in [0.15, 0.2) is 46.0 Å². The van der Waals surface area contributed by atoms with E-state index < -0.39 is 0 Å². The lowest BCUT2D eigenvalue weighted by molar-refractivity contribution is -0.123. The van der Waals surface area contributed by atoms with Crippen molar-refractivity contribution in [3.63, 3.8) is 0 Å². The van der Waals surface area contributed by atoms with Gasteiger partial charge in [-0.05, 0) is 42.0 Å². The predicted molar refractivity (Wildman–Crippen MR) is 79.5 cm³/mol. The third-order valence-electron chi connectivity index (χ3n) is 2.46. The van der Waals surface area contributed by atoms with Gasteiger partial charge in [0.15, 0.2) is 6.61 Å². The molecule has 0 fully saturated rings. The maximum absolute atomic E-state index is 11.3. The second kappa shape index (κ2) is 6.33. The van der Waals surface area contributed by atoms with E-state index in [9.17, 15) is 4.79 Å². The highest BCUT2D eigenvalue weighted by Gasteiger charge is 2.02. The fourth-order valence-electron chi connectivity index (χ4n) is 1.60. The molecule has 0 saturated carbocycles. The van der Waals surface area contributed by atoms with Crippen molar-refractivity contribution in [2.24, 2.45) is 5.10 Å². The van der Waals surface area contributed by atoms with Crippen LogP contribution in [0.2, 0.25) is 0 Å². The first kappa shape index (κ1) is 13.5. The monoisotopic (exact) mass is 320 g/mol. The highest BCUT2D eigenvalue weighted by molar-refractivity contribution is 9.10. The molecule has 2 aromatic rings. The number of hydrazone groups is 1. The molecular formula is C14H13BrN2O2. The van der Waals surface area contributed by atoms with Crippen molar-refractivity contribution in [1.29, 1.82) is 0 Å². The van der Waals surface area contributed by atoms with Gasteiger partial charge in [-0.1, -0.05) is 28.1 Å². The van der Waals surface area contributed by atoms with Gasteiger partial charge in [-0.3, -0.25) is 4.79 Å². The minimum atomic E-state index is -0.283. The molecule has 0 spiro atoms. The van der Waals surface area contributed by atoms with E-state index in [0.717, 1.165) is 15.2 Å². The van der Waals surface area contributed by atoms with E-state index >= 15 is 0 Å². The van der Waals surface area contributed by atoms with Crippen LogP contribution in [0.3, 0.4) is 0 Å². The smallest absolute Gasteiger partial charge is 0.277 e.